The summed E-state index contributed by atoms with van der Waals surface area (Å²) in [5.41, 5.74) is 3.23. The number of thiophene rings is 1. The summed E-state index contributed by atoms with van der Waals surface area (Å²) in [6.07, 6.45) is 0. The van der Waals surface area contributed by atoms with Crippen molar-refractivity contribution in [1.82, 2.24) is 0 Å². The Morgan fingerprint density at radius 2 is 1.86 bits per heavy atom. The van der Waals surface area contributed by atoms with E-state index in [-0.39, 0.29) is 11.7 Å². The molecule has 2 aromatic carbocycles. The molecule has 4 heteroatoms. The second-order valence-corrected chi connectivity index (χ2v) is 5.86. The van der Waals surface area contributed by atoms with Crippen molar-refractivity contribution >= 4 is 22.9 Å². The van der Waals surface area contributed by atoms with Crippen LogP contribution in [0.25, 0.3) is 11.1 Å². The van der Waals surface area contributed by atoms with Gasteiger partial charge in [0.1, 0.15) is 5.82 Å². The van der Waals surface area contributed by atoms with E-state index in [1.807, 2.05) is 41.8 Å². The molecule has 1 heterocycles. The summed E-state index contributed by atoms with van der Waals surface area (Å²) in [4.78, 5) is 13.2. The third kappa shape index (κ3) is 2.92. The lowest BCUT2D eigenvalue weighted by Gasteiger charge is -2.09. The van der Waals surface area contributed by atoms with Crippen LogP contribution in [-0.4, -0.2) is 5.91 Å². The molecule has 1 aromatic heterocycles. The number of nitrogens with one attached hydrogen (secondary N) is 1. The predicted molar refractivity (Wildman–Crippen MR) is 88.8 cm³/mol. The molecule has 0 aliphatic rings. The molecule has 0 saturated heterocycles. The van der Waals surface area contributed by atoms with Crippen molar-refractivity contribution in [1.29, 1.82) is 0 Å². The number of carbonyl (C=O) groups is 1. The molecule has 0 radical (unpaired) electrons. The highest BCUT2D eigenvalue weighted by atomic mass is 32.1. The largest absolute Gasteiger partial charge is 0.321 e. The Balaban J connectivity index is 1.89. The zero-order valence-electron chi connectivity index (χ0n) is 12.0. The van der Waals surface area contributed by atoms with Gasteiger partial charge in [-0.2, -0.15) is 0 Å². The summed E-state index contributed by atoms with van der Waals surface area (Å²) in [5.74, 6) is -0.486. The van der Waals surface area contributed by atoms with Crippen molar-refractivity contribution in [2.24, 2.45) is 0 Å². The Bertz CT molecular complexity index is 811. The second kappa shape index (κ2) is 6.12. The van der Waals surface area contributed by atoms with Crippen molar-refractivity contribution in [2.45, 2.75) is 6.92 Å². The van der Waals surface area contributed by atoms with E-state index in [1.54, 1.807) is 13.0 Å². The van der Waals surface area contributed by atoms with E-state index >= 15 is 0 Å². The smallest absolute Gasteiger partial charge is 0.266 e. The molecule has 1 N–H and O–H groups in total. The number of benzene rings is 2. The first kappa shape index (κ1) is 14.5. The van der Waals surface area contributed by atoms with Gasteiger partial charge in [0, 0.05) is 11.3 Å². The van der Waals surface area contributed by atoms with E-state index < -0.39 is 0 Å². The number of amides is 1. The predicted octanol–water partition coefficient (Wildman–Crippen LogP) is 5.11. The fraction of sp³-hybridized carbons (Fsp3) is 0.0556. The Labute approximate surface area is 132 Å². The molecule has 0 atom stereocenters. The van der Waals surface area contributed by atoms with Crippen LogP contribution in [0.1, 0.15) is 15.2 Å². The van der Waals surface area contributed by atoms with E-state index in [2.05, 4.69) is 5.32 Å². The number of hydrogen-bond acceptors (Lipinski definition) is 2. The van der Waals surface area contributed by atoms with E-state index in [4.69, 9.17) is 0 Å². The molecule has 3 aromatic rings. The topological polar surface area (TPSA) is 29.1 Å². The van der Waals surface area contributed by atoms with Crippen LogP contribution in [0.2, 0.25) is 0 Å². The monoisotopic (exact) mass is 311 g/mol. The molecule has 0 bridgehead atoms. The molecular weight excluding hydrogens is 297 g/mol. The average Bonchev–Trinajstić information content (AvgIpc) is 3.00. The maximum atomic E-state index is 13.1. The molecule has 1 amide bonds. The van der Waals surface area contributed by atoms with Gasteiger partial charge in [-0.1, -0.05) is 30.3 Å². The number of rotatable bonds is 3. The zero-order valence-corrected chi connectivity index (χ0v) is 12.8. The Kier molecular flexibility index (Phi) is 4.02. The minimum absolute atomic E-state index is 0.177. The van der Waals surface area contributed by atoms with Crippen molar-refractivity contribution in [3.05, 3.63) is 76.2 Å². The minimum atomic E-state index is -0.309. The first-order valence-corrected chi connectivity index (χ1v) is 7.73. The molecule has 0 aliphatic carbocycles. The summed E-state index contributed by atoms with van der Waals surface area (Å²) in [7, 11) is 0. The van der Waals surface area contributed by atoms with Crippen molar-refractivity contribution in [3.8, 4) is 11.1 Å². The van der Waals surface area contributed by atoms with Crippen LogP contribution in [-0.2, 0) is 0 Å². The van der Waals surface area contributed by atoms with Gasteiger partial charge in [-0.3, -0.25) is 4.79 Å². The van der Waals surface area contributed by atoms with E-state index in [0.717, 1.165) is 11.1 Å². The second-order valence-electron chi connectivity index (χ2n) is 4.94. The van der Waals surface area contributed by atoms with Crippen LogP contribution in [0.5, 0.6) is 0 Å². The summed E-state index contributed by atoms with van der Waals surface area (Å²) >= 11 is 1.39. The van der Waals surface area contributed by atoms with Gasteiger partial charge in [0.25, 0.3) is 5.91 Å². The molecule has 0 aliphatic heterocycles. The van der Waals surface area contributed by atoms with Gasteiger partial charge in [-0.25, -0.2) is 4.39 Å². The molecule has 2 nitrogen and oxygen atoms in total. The van der Waals surface area contributed by atoms with E-state index in [1.165, 1.54) is 23.5 Å². The molecule has 0 spiro atoms. The molecule has 0 saturated carbocycles. The van der Waals surface area contributed by atoms with Gasteiger partial charge in [-0.05, 0) is 47.7 Å². The van der Waals surface area contributed by atoms with Crippen LogP contribution in [0.3, 0.4) is 0 Å². The van der Waals surface area contributed by atoms with E-state index in [9.17, 15) is 9.18 Å². The fourth-order valence-corrected chi connectivity index (χ4v) is 3.09. The van der Waals surface area contributed by atoms with Crippen LogP contribution in [0, 0.1) is 12.7 Å². The number of halogens is 1. The molecule has 0 fully saturated rings. The highest BCUT2D eigenvalue weighted by molar-refractivity contribution is 7.12. The third-order valence-corrected chi connectivity index (χ3v) is 4.31. The fourth-order valence-electron chi connectivity index (χ4n) is 2.28. The highest BCUT2D eigenvalue weighted by Gasteiger charge is 2.15. The van der Waals surface area contributed by atoms with Crippen LogP contribution >= 0.6 is 11.3 Å². The lowest BCUT2D eigenvalue weighted by Crippen LogP contribution is -2.12. The molecule has 22 heavy (non-hydrogen) atoms. The first-order valence-electron chi connectivity index (χ1n) is 6.85. The van der Waals surface area contributed by atoms with Gasteiger partial charge in [0.2, 0.25) is 0 Å². The van der Waals surface area contributed by atoms with Crippen LogP contribution in [0.4, 0.5) is 10.1 Å². The lowest BCUT2D eigenvalue weighted by atomic mass is 10.1. The normalized spacial score (nSPS) is 10.5. The first-order chi connectivity index (χ1) is 10.6. The van der Waals surface area contributed by atoms with Crippen molar-refractivity contribution in [3.63, 3.8) is 0 Å². The SMILES string of the molecule is Cc1cc(F)ccc1NC(=O)c1sccc1-c1ccccc1. The standard InChI is InChI=1S/C18H14FNOS/c1-12-11-14(19)7-8-16(12)20-18(21)17-15(9-10-22-17)13-5-3-2-4-6-13/h2-11H,1H3,(H,20,21). The summed E-state index contributed by atoms with van der Waals surface area (Å²) in [5, 5.41) is 4.75. The van der Waals surface area contributed by atoms with Crippen LogP contribution in [0.15, 0.2) is 60.0 Å². The zero-order chi connectivity index (χ0) is 15.5. The summed E-state index contributed by atoms with van der Waals surface area (Å²) < 4.78 is 13.1. The third-order valence-electron chi connectivity index (χ3n) is 3.39. The Morgan fingerprint density at radius 1 is 1.09 bits per heavy atom. The number of hydrogen-bond donors (Lipinski definition) is 1. The number of anilines is 1. The van der Waals surface area contributed by atoms with Crippen molar-refractivity contribution in [2.75, 3.05) is 5.32 Å². The summed E-state index contributed by atoms with van der Waals surface area (Å²) in [6.45, 7) is 1.77. The maximum absolute atomic E-state index is 13.1. The highest BCUT2D eigenvalue weighted by Crippen LogP contribution is 2.29. The molecule has 0 unspecified atom stereocenters. The van der Waals surface area contributed by atoms with Gasteiger partial charge in [0.05, 0.1) is 4.88 Å². The van der Waals surface area contributed by atoms with Gasteiger partial charge in [-0.15, -0.1) is 11.3 Å². The lowest BCUT2D eigenvalue weighted by molar-refractivity contribution is 0.103. The van der Waals surface area contributed by atoms with Crippen molar-refractivity contribution < 1.29 is 9.18 Å². The quantitative estimate of drug-likeness (QED) is 0.715. The number of carbonyl (C=O) groups excluding carboxylic acids is 1. The Hall–Kier alpha value is -2.46. The number of aryl methyl sites for hydroxylation is 1. The summed E-state index contributed by atoms with van der Waals surface area (Å²) in [6, 6.07) is 16.0. The maximum Gasteiger partial charge on any atom is 0.266 e. The van der Waals surface area contributed by atoms with Crippen LogP contribution < -0.4 is 5.32 Å². The molecule has 3 rings (SSSR count). The van der Waals surface area contributed by atoms with E-state index in [0.29, 0.717) is 16.1 Å². The molecular formula is C18H14FNOS. The minimum Gasteiger partial charge on any atom is -0.321 e. The van der Waals surface area contributed by atoms with Gasteiger partial charge >= 0.3 is 0 Å². The van der Waals surface area contributed by atoms with Gasteiger partial charge < -0.3 is 5.32 Å². The van der Waals surface area contributed by atoms with Gasteiger partial charge in [0.15, 0.2) is 0 Å². The average molecular weight is 311 g/mol. The Morgan fingerprint density at radius 3 is 2.59 bits per heavy atom. The molecule has 110 valence electrons.